The number of carbonyl (C=O) groups is 1. The molecule has 0 saturated carbocycles. The van der Waals surface area contributed by atoms with Crippen LogP contribution in [0.15, 0.2) is 28.8 Å². The second-order valence-corrected chi connectivity index (χ2v) is 4.33. The van der Waals surface area contributed by atoms with Crippen LogP contribution in [0.1, 0.15) is 28.7 Å². The Morgan fingerprint density at radius 3 is 2.90 bits per heavy atom. The molecular formula is C14H17N3O3. The highest BCUT2D eigenvalue weighted by Gasteiger charge is 2.13. The van der Waals surface area contributed by atoms with Gasteiger partial charge >= 0.3 is 0 Å². The molecule has 3 N–H and O–H groups in total. The van der Waals surface area contributed by atoms with Crippen LogP contribution in [0.5, 0.6) is 0 Å². The maximum absolute atomic E-state index is 12.0. The summed E-state index contributed by atoms with van der Waals surface area (Å²) in [5, 5.41) is 6.41. The standard InChI is InChI=1S/C14H17N3O3/c1-3-9-4-5-10(6-12(9)15)16-14(18)13-7-11(8-19-2)20-17-13/h4-7H,3,8,15H2,1-2H3,(H,16,18). The predicted molar refractivity (Wildman–Crippen MR) is 75.4 cm³/mol. The fourth-order valence-corrected chi connectivity index (χ4v) is 1.82. The van der Waals surface area contributed by atoms with E-state index in [9.17, 15) is 4.79 Å². The number of nitrogens with two attached hydrogens (primary N) is 1. The summed E-state index contributed by atoms with van der Waals surface area (Å²) in [5.74, 6) is 0.151. The van der Waals surface area contributed by atoms with Gasteiger partial charge < -0.3 is 20.3 Å². The summed E-state index contributed by atoms with van der Waals surface area (Å²) in [6.07, 6.45) is 0.851. The smallest absolute Gasteiger partial charge is 0.277 e. The number of rotatable bonds is 5. The molecule has 0 aliphatic rings. The highest BCUT2D eigenvalue weighted by atomic mass is 16.5. The van der Waals surface area contributed by atoms with Gasteiger partial charge in [-0.3, -0.25) is 4.79 Å². The highest BCUT2D eigenvalue weighted by Crippen LogP contribution is 2.19. The van der Waals surface area contributed by atoms with Crippen LogP contribution in [0.2, 0.25) is 0 Å². The SMILES string of the molecule is CCc1ccc(NC(=O)c2cc(COC)on2)cc1N. The van der Waals surface area contributed by atoms with E-state index in [1.54, 1.807) is 19.2 Å². The first-order chi connectivity index (χ1) is 9.63. The monoisotopic (exact) mass is 275 g/mol. The molecule has 6 heteroatoms. The summed E-state index contributed by atoms with van der Waals surface area (Å²) in [4.78, 5) is 12.0. The van der Waals surface area contributed by atoms with Crippen LogP contribution >= 0.6 is 0 Å². The fourth-order valence-electron chi connectivity index (χ4n) is 1.82. The lowest BCUT2D eigenvalue weighted by atomic mass is 10.1. The predicted octanol–water partition coefficient (Wildman–Crippen LogP) is 2.22. The molecule has 0 fully saturated rings. The van der Waals surface area contributed by atoms with Gasteiger partial charge in [0.1, 0.15) is 6.61 Å². The molecule has 1 heterocycles. The zero-order valence-electron chi connectivity index (χ0n) is 11.5. The largest absolute Gasteiger partial charge is 0.398 e. The van der Waals surface area contributed by atoms with Crippen LogP contribution < -0.4 is 11.1 Å². The molecule has 1 aromatic heterocycles. The van der Waals surface area contributed by atoms with Gasteiger partial charge in [0, 0.05) is 24.6 Å². The average molecular weight is 275 g/mol. The Hall–Kier alpha value is -2.34. The van der Waals surface area contributed by atoms with Crippen LogP contribution in [0.3, 0.4) is 0 Å². The van der Waals surface area contributed by atoms with Crippen molar-refractivity contribution in [3.05, 3.63) is 41.3 Å². The van der Waals surface area contributed by atoms with E-state index >= 15 is 0 Å². The van der Waals surface area contributed by atoms with Gasteiger partial charge in [-0.25, -0.2) is 0 Å². The molecule has 0 radical (unpaired) electrons. The number of aryl methyl sites for hydroxylation is 1. The molecule has 6 nitrogen and oxygen atoms in total. The van der Waals surface area contributed by atoms with Gasteiger partial charge in [-0.05, 0) is 24.1 Å². The Labute approximate surface area is 116 Å². The molecule has 20 heavy (non-hydrogen) atoms. The second-order valence-electron chi connectivity index (χ2n) is 4.33. The Kier molecular flexibility index (Phi) is 4.37. The number of hydrogen-bond acceptors (Lipinski definition) is 5. The molecule has 0 bridgehead atoms. The van der Waals surface area contributed by atoms with Gasteiger partial charge in [-0.1, -0.05) is 18.1 Å². The van der Waals surface area contributed by atoms with Gasteiger partial charge in [0.25, 0.3) is 5.91 Å². The summed E-state index contributed by atoms with van der Waals surface area (Å²) in [5.41, 5.74) is 8.42. The van der Waals surface area contributed by atoms with Crippen molar-refractivity contribution in [1.82, 2.24) is 5.16 Å². The van der Waals surface area contributed by atoms with Crippen molar-refractivity contribution >= 4 is 17.3 Å². The first kappa shape index (κ1) is 14.1. The van der Waals surface area contributed by atoms with Gasteiger partial charge in [-0.2, -0.15) is 0 Å². The van der Waals surface area contributed by atoms with Crippen molar-refractivity contribution in [2.75, 3.05) is 18.2 Å². The van der Waals surface area contributed by atoms with E-state index in [0.29, 0.717) is 17.1 Å². The summed E-state index contributed by atoms with van der Waals surface area (Å²) in [6.45, 7) is 2.30. The number of ether oxygens (including phenoxy) is 1. The van der Waals surface area contributed by atoms with E-state index in [0.717, 1.165) is 12.0 Å². The molecular weight excluding hydrogens is 258 g/mol. The number of aromatic nitrogens is 1. The van der Waals surface area contributed by atoms with E-state index in [4.69, 9.17) is 15.0 Å². The van der Waals surface area contributed by atoms with E-state index in [2.05, 4.69) is 10.5 Å². The molecule has 106 valence electrons. The molecule has 1 aromatic carbocycles. The number of hydrogen-bond donors (Lipinski definition) is 2. The van der Waals surface area contributed by atoms with Crippen molar-refractivity contribution < 1.29 is 14.1 Å². The maximum atomic E-state index is 12.0. The van der Waals surface area contributed by atoms with Crippen molar-refractivity contribution in [2.24, 2.45) is 0 Å². The highest BCUT2D eigenvalue weighted by molar-refractivity contribution is 6.03. The van der Waals surface area contributed by atoms with Crippen LogP contribution in [-0.4, -0.2) is 18.2 Å². The lowest BCUT2D eigenvalue weighted by Gasteiger charge is -2.07. The molecule has 0 saturated heterocycles. The lowest BCUT2D eigenvalue weighted by molar-refractivity contribution is 0.101. The summed E-state index contributed by atoms with van der Waals surface area (Å²) >= 11 is 0. The number of carbonyl (C=O) groups excluding carboxylic acids is 1. The first-order valence-corrected chi connectivity index (χ1v) is 6.28. The number of amides is 1. The van der Waals surface area contributed by atoms with E-state index < -0.39 is 0 Å². The molecule has 0 atom stereocenters. The molecule has 2 rings (SSSR count). The molecule has 0 aliphatic heterocycles. The van der Waals surface area contributed by atoms with Crippen LogP contribution in [0, 0.1) is 0 Å². The zero-order valence-corrected chi connectivity index (χ0v) is 11.5. The van der Waals surface area contributed by atoms with Crippen molar-refractivity contribution in [2.45, 2.75) is 20.0 Å². The summed E-state index contributed by atoms with van der Waals surface area (Å²) < 4.78 is 9.86. The van der Waals surface area contributed by atoms with Crippen LogP contribution in [0.4, 0.5) is 11.4 Å². The lowest BCUT2D eigenvalue weighted by Crippen LogP contribution is -2.12. The minimum Gasteiger partial charge on any atom is -0.398 e. The number of nitrogen functional groups attached to an aromatic ring is 1. The van der Waals surface area contributed by atoms with Gasteiger partial charge in [-0.15, -0.1) is 0 Å². The normalized spacial score (nSPS) is 10.5. The van der Waals surface area contributed by atoms with Crippen LogP contribution in [-0.2, 0) is 17.8 Å². The molecule has 2 aromatic rings. The third kappa shape index (κ3) is 3.16. The van der Waals surface area contributed by atoms with Gasteiger partial charge in [0.15, 0.2) is 11.5 Å². The quantitative estimate of drug-likeness (QED) is 0.816. The minimum absolute atomic E-state index is 0.204. The first-order valence-electron chi connectivity index (χ1n) is 6.28. The molecule has 0 unspecified atom stereocenters. The molecule has 0 spiro atoms. The number of benzene rings is 1. The second kappa shape index (κ2) is 6.21. The minimum atomic E-state index is -0.347. The van der Waals surface area contributed by atoms with E-state index in [-0.39, 0.29) is 18.2 Å². The third-order valence-corrected chi connectivity index (χ3v) is 2.86. The third-order valence-electron chi connectivity index (χ3n) is 2.86. The number of anilines is 2. The fraction of sp³-hybridized carbons (Fsp3) is 0.286. The summed E-state index contributed by atoms with van der Waals surface area (Å²) in [6, 6.07) is 6.98. The number of nitrogens with one attached hydrogen (secondary N) is 1. The Morgan fingerprint density at radius 2 is 2.25 bits per heavy atom. The molecule has 0 aliphatic carbocycles. The van der Waals surface area contributed by atoms with Crippen molar-refractivity contribution in [3.63, 3.8) is 0 Å². The van der Waals surface area contributed by atoms with Crippen LogP contribution in [0.25, 0.3) is 0 Å². The number of methoxy groups -OCH3 is 1. The topological polar surface area (TPSA) is 90.4 Å². The zero-order chi connectivity index (χ0) is 14.5. The van der Waals surface area contributed by atoms with Gasteiger partial charge in [0.05, 0.1) is 0 Å². The summed E-state index contributed by atoms with van der Waals surface area (Å²) in [7, 11) is 1.54. The van der Waals surface area contributed by atoms with Crippen molar-refractivity contribution in [3.8, 4) is 0 Å². The Morgan fingerprint density at radius 1 is 1.45 bits per heavy atom. The van der Waals surface area contributed by atoms with E-state index in [1.807, 2.05) is 19.1 Å². The van der Waals surface area contributed by atoms with Crippen molar-refractivity contribution in [1.29, 1.82) is 0 Å². The Balaban J connectivity index is 2.08. The maximum Gasteiger partial charge on any atom is 0.277 e. The number of nitrogens with zero attached hydrogens (tertiary/aromatic N) is 1. The Bertz CT molecular complexity index is 607. The average Bonchev–Trinajstić information content (AvgIpc) is 2.88. The van der Waals surface area contributed by atoms with Gasteiger partial charge in [0.2, 0.25) is 0 Å². The molecule has 1 amide bonds. The van der Waals surface area contributed by atoms with E-state index in [1.165, 1.54) is 0 Å².